The molecule has 0 fully saturated rings. The monoisotopic (exact) mass is 342 g/mol. The summed E-state index contributed by atoms with van der Waals surface area (Å²) in [6.07, 6.45) is 2.79. The number of amides is 1. The Labute approximate surface area is 145 Å². The number of hydrogen-bond acceptors (Lipinski definition) is 3. The standard InChI is InChI=1S/C18H19ClN4O/c1-12(18-21-15-8-6-13(19)11-16(15)22-18)23(2)17(24)9-7-14-5-3-4-10-20-14/h3-6,8,10-12H,7,9H2,1-2H3,(H,21,22). The van der Waals surface area contributed by atoms with Crippen molar-refractivity contribution in [3.8, 4) is 0 Å². The van der Waals surface area contributed by atoms with Gasteiger partial charge in [0.25, 0.3) is 0 Å². The van der Waals surface area contributed by atoms with E-state index in [-0.39, 0.29) is 11.9 Å². The van der Waals surface area contributed by atoms with Crippen LogP contribution in [0.4, 0.5) is 0 Å². The maximum atomic E-state index is 12.4. The Bertz CT molecular complexity index is 847. The zero-order chi connectivity index (χ0) is 17.1. The predicted molar refractivity (Wildman–Crippen MR) is 94.8 cm³/mol. The second-order valence-corrected chi connectivity index (χ2v) is 6.22. The van der Waals surface area contributed by atoms with Crippen molar-refractivity contribution in [3.63, 3.8) is 0 Å². The lowest BCUT2D eigenvalue weighted by Crippen LogP contribution is -2.30. The van der Waals surface area contributed by atoms with Gasteiger partial charge in [-0.05, 0) is 43.7 Å². The number of pyridine rings is 1. The van der Waals surface area contributed by atoms with Gasteiger partial charge < -0.3 is 9.88 Å². The molecule has 1 aromatic carbocycles. The van der Waals surface area contributed by atoms with E-state index < -0.39 is 0 Å². The van der Waals surface area contributed by atoms with Gasteiger partial charge in [-0.1, -0.05) is 17.7 Å². The molecule has 1 amide bonds. The molecule has 24 heavy (non-hydrogen) atoms. The van der Waals surface area contributed by atoms with Crippen molar-refractivity contribution in [1.29, 1.82) is 0 Å². The highest BCUT2D eigenvalue weighted by molar-refractivity contribution is 6.31. The van der Waals surface area contributed by atoms with Crippen LogP contribution >= 0.6 is 11.6 Å². The van der Waals surface area contributed by atoms with Crippen LogP contribution in [0.5, 0.6) is 0 Å². The Morgan fingerprint density at radius 2 is 2.17 bits per heavy atom. The van der Waals surface area contributed by atoms with Crippen molar-refractivity contribution in [1.82, 2.24) is 19.9 Å². The molecule has 0 saturated heterocycles. The number of aromatic amines is 1. The van der Waals surface area contributed by atoms with E-state index in [9.17, 15) is 4.79 Å². The molecule has 3 rings (SSSR count). The Kier molecular flexibility index (Phi) is 4.81. The first kappa shape index (κ1) is 16.5. The number of fused-ring (bicyclic) bond motifs is 1. The molecule has 0 spiro atoms. The number of rotatable bonds is 5. The van der Waals surface area contributed by atoms with Crippen molar-refractivity contribution in [3.05, 3.63) is 59.1 Å². The van der Waals surface area contributed by atoms with Crippen LogP contribution < -0.4 is 0 Å². The maximum Gasteiger partial charge on any atom is 0.223 e. The predicted octanol–water partition coefficient (Wildman–Crippen LogP) is 3.76. The number of hydrogen-bond donors (Lipinski definition) is 1. The first-order valence-electron chi connectivity index (χ1n) is 7.85. The van der Waals surface area contributed by atoms with E-state index in [1.54, 1.807) is 24.2 Å². The fourth-order valence-corrected chi connectivity index (χ4v) is 2.73. The molecule has 0 aliphatic carbocycles. The molecular formula is C18H19ClN4O. The van der Waals surface area contributed by atoms with Gasteiger partial charge in [-0.2, -0.15) is 0 Å². The van der Waals surface area contributed by atoms with Gasteiger partial charge in [-0.25, -0.2) is 4.98 Å². The van der Waals surface area contributed by atoms with Crippen LogP contribution in [0.2, 0.25) is 5.02 Å². The Hall–Kier alpha value is -2.40. The molecule has 5 nitrogen and oxygen atoms in total. The lowest BCUT2D eigenvalue weighted by molar-refractivity contribution is -0.131. The van der Waals surface area contributed by atoms with Crippen molar-refractivity contribution >= 4 is 28.5 Å². The zero-order valence-electron chi connectivity index (χ0n) is 13.7. The zero-order valence-corrected chi connectivity index (χ0v) is 14.4. The third-order valence-electron chi connectivity index (χ3n) is 4.15. The number of benzene rings is 1. The summed E-state index contributed by atoms with van der Waals surface area (Å²) in [7, 11) is 1.80. The summed E-state index contributed by atoms with van der Waals surface area (Å²) in [5.41, 5.74) is 2.64. The second-order valence-electron chi connectivity index (χ2n) is 5.79. The van der Waals surface area contributed by atoms with Crippen LogP contribution in [0, 0.1) is 0 Å². The van der Waals surface area contributed by atoms with E-state index in [4.69, 9.17) is 11.6 Å². The van der Waals surface area contributed by atoms with Crippen LogP contribution in [-0.2, 0) is 11.2 Å². The summed E-state index contributed by atoms with van der Waals surface area (Å²) < 4.78 is 0. The van der Waals surface area contributed by atoms with Gasteiger partial charge >= 0.3 is 0 Å². The third-order valence-corrected chi connectivity index (χ3v) is 4.39. The molecule has 0 aliphatic heterocycles. The number of aromatic nitrogens is 3. The van der Waals surface area contributed by atoms with Gasteiger partial charge in [0.2, 0.25) is 5.91 Å². The highest BCUT2D eigenvalue weighted by atomic mass is 35.5. The lowest BCUT2D eigenvalue weighted by Gasteiger charge is -2.23. The minimum atomic E-state index is -0.146. The molecule has 1 atom stereocenters. The fraction of sp³-hybridized carbons (Fsp3) is 0.278. The quantitative estimate of drug-likeness (QED) is 0.767. The molecule has 3 aromatic rings. The summed E-state index contributed by atoms with van der Waals surface area (Å²) in [4.78, 5) is 26.2. The molecule has 6 heteroatoms. The number of imidazole rings is 1. The van der Waals surface area contributed by atoms with Crippen LogP contribution in [0.3, 0.4) is 0 Å². The number of carbonyl (C=O) groups is 1. The molecule has 2 heterocycles. The molecule has 1 unspecified atom stereocenters. The number of nitrogens with one attached hydrogen (secondary N) is 1. The van der Waals surface area contributed by atoms with Crippen molar-refractivity contribution in [2.45, 2.75) is 25.8 Å². The Morgan fingerprint density at radius 1 is 1.33 bits per heavy atom. The molecule has 0 bridgehead atoms. The third kappa shape index (κ3) is 3.57. The maximum absolute atomic E-state index is 12.4. The lowest BCUT2D eigenvalue weighted by atomic mass is 10.2. The van der Waals surface area contributed by atoms with E-state index in [1.165, 1.54) is 0 Å². The fourth-order valence-electron chi connectivity index (χ4n) is 2.56. The topological polar surface area (TPSA) is 61.9 Å². The highest BCUT2D eigenvalue weighted by Gasteiger charge is 2.20. The summed E-state index contributed by atoms with van der Waals surface area (Å²) in [5.74, 6) is 0.813. The highest BCUT2D eigenvalue weighted by Crippen LogP contribution is 2.22. The summed E-state index contributed by atoms with van der Waals surface area (Å²) >= 11 is 6.00. The SMILES string of the molecule is CC(c1nc2ccc(Cl)cc2[nH]1)N(C)C(=O)CCc1ccccn1. The van der Waals surface area contributed by atoms with E-state index in [0.717, 1.165) is 22.6 Å². The van der Waals surface area contributed by atoms with Crippen LogP contribution in [0.15, 0.2) is 42.6 Å². The van der Waals surface area contributed by atoms with Gasteiger partial charge in [0.05, 0.1) is 17.1 Å². The summed E-state index contributed by atoms with van der Waals surface area (Å²) in [6.45, 7) is 1.96. The average Bonchev–Trinajstić information content (AvgIpc) is 3.02. The van der Waals surface area contributed by atoms with Crippen molar-refractivity contribution in [2.75, 3.05) is 7.05 Å². The molecule has 0 aliphatic rings. The van der Waals surface area contributed by atoms with Crippen LogP contribution in [-0.4, -0.2) is 32.8 Å². The first-order valence-corrected chi connectivity index (χ1v) is 8.23. The van der Waals surface area contributed by atoms with Gasteiger partial charge in [-0.3, -0.25) is 9.78 Å². The molecular weight excluding hydrogens is 324 g/mol. The van der Waals surface area contributed by atoms with Crippen molar-refractivity contribution < 1.29 is 4.79 Å². The minimum absolute atomic E-state index is 0.0617. The molecule has 124 valence electrons. The average molecular weight is 343 g/mol. The van der Waals surface area contributed by atoms with E-state index in [0.29, 0.717) is 17.9 Å². The number of aryl methyl sites for hydroxylation is 1. The normalized spacial score (nSPS) is 12.3. The van der Waals surface area contributed by atoms with E-state index >= 15 is 0 Å². The second kappa shape index (κ2) is 7.01. The molecule has 2 aromatic heterocycles. The van der Waals surface area contributed by atoms with Gasteiger partial charge in [-0.15, -0.1) is 0 Å². The number of carbonyl (C=O) groups excluding carboxylic acids is 1. The number of halogens is 1. The molecule has 0 saturated carbocycles. The van der Waals surface area contributed by atoms with E-state index in [2.05, 4.69) is 15.0 Å². The van der Waals surface area contributed by atoms with E-state index in [1.807, 2.05) is 37.3 Å². The minimum Gasteiger partial charge on any atom is -0.340 e. The Morgan fingerprint density at radius 3 is 2.92 bits per heavy atom. The number of H-pyrrole nitrogens is 1. The first-order chi connectivity index (χ1) is 11.5. The smallest absolute Gasteiger partial charge is 0.223 e. The molecule has 0 radical (unpaired) electrons. The van der Waals surface area contributed by atoms with Crippen molar-refractivity contribution in [2.24, 2.45) is 0 Å². The largest absolute Gasteiger partial charge is 0.340 e. The Balaban J connectivity index is 1.68. The summed E-state index contributed by atoms with van der Waals surface area (Å²) in [6, 6.07) is 11.1. The van der Waals surface area contributed by atoms with Gasteiger partial charge in [0.1, 0.15) is 5.82 Å². The molecule has 1 N–H and O–H groups in total. The van der Waals surface area contributed by atoms with Gasteiger partial charge in [0.15, 0.2) is 0 Å². The van der Waals surface area contributed by atoms with Gasteiger partial charge in [0, 0.05) is 30.4 Å². The number of nitrogens with zero attached hydrogens (tertiary/aromatic N) is 3. The summed E-state index contributed by atoms with van der Waals surface area (Å²) in [5, 5.41) is 0.658. The van der Waals surface area contributed by atoms with Crippen LogP contribution in [0.25, 0.3) is 11.0 Å². The van der Waals surface area contributed by atoms with Crippen LogP contribution in [0.1, 0.15) is 30.9 Å².